The lowest BCUT2D eigenvalue weighted by Crippen LogP contribution is -2.28. The van der Waals surface area contributed by atoms with Gasteiger partial charge in [-0.2, -0.15) is 0 Å². The molecule has 1 aliphatic heterocycles. The van der Waals surface area contributed by atoms with Crippen molar-refractivity contribution in [2.45, 2.75) is 32.6 Å². The summed E-state index contributed by atoms with van der Waals surface area (Å²) < 4.78 is 5.12. The first-order valence-corrected chi connectivity index (χ1v) is 9.37. The number of anilines is 2. The molecule has 0 spiro atoms. The van der Waals surface area contributed by atoms with Gasteiger partial charge in [0.25, 0.3) is 0 Å². The van der Waals surface area contributed by atoms with Gasteiger partial charge in [0.05, 0.1) is 13.0 Å². The first-order valence-electron chi connectivity index (χ1n) is 9.37. The third-order valence-corrected chi connectivity index (χ3v) is 5.24. The highest BCUT2D eigenvalue weighted by Gasteiger charge is 2.35. The summed E-state index contributed by atoms with van der Waals surface area (Å²) in [6.45, 7) is 4.76. The van der Waals surface area contributed by atoms with Gasteiger partial charge in [0.1, 0.15) is 5.75 Å². The van der Waals surface area contributed by atoms with E-state index in [1.807, 2.05) is 12.1 Å². The van der Waals surface area contributed by atoms with E-state index >= 15 is 0 Å². The molecule has 1 heterocycles. The predicted molar refractivity (Wildman–Crippen MR) is 107 cm³/mol. The maximum atomic E-state index is 12.6. The molecular weight excluding hydrogens is 340 g/mol. The highest BCUT2D eigenvalue weighted by molar-refractivity contribution is 6.03. The van der Waals surface area contributed by atoms with E-state index in [4.69, 9.17) is 4.74 Å². The molecule has 1 N–H and O–H groups in total. The van der Waals surface area contributed by atoms with Crippen LogP contribution in [-0.4, -0.2) is 25.5 Å². The van der Waals surface area contributed by atoms with Gasteiger partial charge in [-0.1, -0.05) is 26.0 Å². The van der Waals surface area contributed by atoms with E-state index in [1.54, 1.807) is 36.3 Å². The molecule has 0 unspecified atom stereocenters. The summed E-state index contributed by atoms with van der Waals surface area (Å²) in [5.74, 6) is 0.731. The van der Waals surface area contributed by atoms with E-state index in [-0.39, 0.29) is 24.2 Å². The number of hydrogen-bond donors (Lipinski definition) is 1. The summed E-state index contributed by atoms with van der Waals surface area (Å²) in [6, 6.07) is 15.3. The first kappa shape index (κ1) is 19.0. The summed E-state index contributed by atoms with van der Waals surface area (Å²) in [5, 5.41) is 2.89. The topological polar surface area (TPSA) is 58.6 Å². The number of ether oxygens (including phenoxy) is 1. The van der Waals surface area contributed by atoms with Crippen LogP contribution < -0.4 is 15.0 Å². The van der Waals surface area contributed by atoms with Gasteiger partial charge < -0.3 is 15.0 Å². The summed E-state index contributed by atoms with van der Waals surface area (Å²) in [4.78, 5) is 26.7. The molecule has 0 aliphatic carbocycles. The maximum absolute atomic E-state index is 12.6. The van der Waals surface area contributed by atoms with Gasteiger partial charge in [-0.15, -0.1) is 0 Å². The van der Waals surface area contributed by atoms with Crippen molar-refractivity contribution >= 4 is 23.2 Å². The molecule has 0 radical (unpaired) electrons. The van der Waals surface area contributed by atoms with E-state index in [0.29, 0.717) is 18.2 Å². The molecule has 0 saturated carbocycles. The van der Waals surface area contributed by atoms with Crippen LogP contribution in [0.4, 0.5) is 11.4 Å². The van der Waals surface area contributed by atoms with Crippen molar-refractivity contribution in [1.82, 2.24) is 0 Å². The van der Waals surface area contributed by atoms with E-state index in [9.17, 15) is 9.59 Å². The van der Waals surface area contributed by atoms with E-state index in [1.165, 1.54) is 5.56 Å². The lowest BCUT2D eigenvalue weighted by atomic mass is 9.98. The zero-order chi connectivity index (χ0) is 19.4. The minimum Gasteiger partial charge on any atom is -0.497 e. The molecule has 1 saturated heterocycles. The molecule has 0 aromatic heterocycles. The zero-order valence-electron chi connectivity index (χ0n) is 16.1. The Morgan fingerprint density at radius 2 is 1.85 bits per heavy atom. The van der Waals surface area contributed by atoms with Crippen LogP contribution in [-0.2, 0) is 9.59 Å². The number of nitrogens with zero attached hydrogens (tertiary/aromatic N) is 1. The van der Waals surface area contributed by atoms with Crippen LogP contribution in [0.2, 0.25) is 0 Å². The van der Waals surface area contributed by atoms with Crippen molar-refractivity contribution < 1.29 is 14.3 Å². The average Bonchev–Trinajstić information content (AvgIpc) is 3.10. The van der Waals surface area contributed by atoms with Crippen LogP contribution in [0.1, 0.15) is 38.2 Å². The fourth-order valence-corrected chi connectivity index (χ4v) is 3.27. The summed E-state index contributed by atoms with van der Waals surface area (Å²) in [7, 11) is 1.60. The standard InChI is InChI=1S/C22H26N2O3/c1-4-15(2)16-5-9-19(10-6-16)24-14-17(13-21(24)25)22(26)23-18-7-11-20(27-3)12-8-18/h5-12,15,17H,4,13-14H2,1-3H3,(H,23,26)/t15-,17+/m1/s1. The van der Waals surface area contributed by atoms with Crippen LogP contribution >= 0.6 is 0 Å². The Morgan fingerprint density at radius 1 is 1.19 bits per heavy atom. The molecule has 27 heavy (non-hydrogen) atoms. The normalized spacial score (nSPS) is 17.7. The quantitative estimate of drug-likeness (QED) is 0.833. The zero-order valence-corrected chi connectivity index (χ0v) is 16.1. The van der Waals surface area contributed by atoms with E-state index < -0.39 is 0 Å². The van der Waals surface area contributed by atoms with Crippen molar-refractivity contribution in [3.05, 3.63) is 54.1 Å². The lowest BCUT2D eigenvalue weighted by Gasteiger charge is -2.18. The Morgan fingerprint density at radius 3 is 2.44 bits per heavy atom. The summed E-state index contributed by atoms with van der Waals surface area (Å²) in [5.41, 5.74) is 2.82. The van der Waals surface area contributed by atoms with E-state index in [2.05, 4.69) is 31.3 Å². The Balaban J connectivity index is 1.64. The summed E-state index contributed by atoms with van der Waals surface area (Å²) in [6.07, 6.45) is 1.31. The number of benzene rings is 2. The van der Waals surface area contributed by atoms with Crippen molar-refractivity contribution in [1.29, 1.82) is 0 Å². The molecule has 142 valence electrons. The highest BCUT2D eigenvalue weighted by Crippen LogP contribution is 2.28. The van der Waals surface area contributed by atoms with Crippen molar-refractivity contribution in [2.75, 3.05) is 23.9 Å². The number of hydrogen-bond acceptors (Lipinski definition) is 3. The molecule has 1 aliphatic rings. The van der Waals surface area contributed by atoms with Gasteiger partial charge in [0.2, 0.25) is 11.8 Å². The molecule has 2 atom stereocenters. The SMILES string of the molecule is CC[C@@H](C)c1ccc(N2C[C@@H](C(=O)Nc3ccc(OC)cc3)CC2=O)cc1. The molecule has 0 bridgehead atoms. The van der Waals surface area contributed by atoms with Crippen LogP contribution in [0.25, 0.3) is 0 Å². The Labute approximate surface area is 160 Å². The fraction of sp³-hybridized carbons (Fsp3) is 0.364. The number of nitrogens with one attached hydrogen (secondary N) is 1. The predicted octanol–water partition coefficient (Wildman–Crippen LogP) is 4.20. The van der Waals surface area contributed by atoms with E-state index in [0.717, 1.165) is 17.9 Å². The number of rotatable bonds is 6. The Hall–Kier alpha value is -2.82. The molecule has 2 amide bonds. The minimum absolute atomic E-state index is 0.0128. The molecule has 3 rings (SSSR count). The van der Waals surface area contributed by atoms with Gasteiger partial charge in [-0.25, -0.2) is 0 Å². The average molecular weight is 366 g/mol. The molecule has 1 fully saturated rings. The maximum Gasteiger partial charge on any atom is 0.229 e. The van der Waals surface area contributed by atoms with Crippen LogP contribution in [0.15, 0.2) is 48.5 Å². The third kappa shape index (κ3) is 4.30. The molecular formula is C22H26N2O3. The number of carbonyl (C=O) groups is 2. The molecule has 2 aromatic rings. The Bertz CT molecular complexity index is 799. The van der Waals surface area contributed by atoms with Gasteiger partial charge in [0.15, 0.2) is 0 Å². The number of amides is 2. The molecule has 5 heteroatoms. The third-order valence-electron chi connectivity index (χ3n) is 5.24. The largest absolute Gasteiger partial charge is 0.497 e. The van der Waals surface area contributed by atoms with Crippen LogP contribution in [0.5, 0.6) is 5.75 Å². The second-order valence-electron chi connectivity index (χ2n) is 7.02. The van der Waals surface area contributed by atoms with Gasteiger partial charge in [0, 0.05) is 24.3 Å². The molecule has 5 nitrogen and oxygen atoms in total. The van der Waals surface area contributed by atoms with Crippen molar-refractivity contribution in [3.8, 4) is 5.75 Å². The number of methoxy groups -OCH3 is 1. The van der Waals surface area contributed by atoms with Gasteiger partial charge >= 0.3 is 0 Å². The lowest BCUT2D eigenvalue weighted by molar-refractivity contribution is -0.122. The smallest absolute Gasteiger partial charge is 0.229 e. The van der Waals surface area contributed by atoms with Crippen molar-refractivity contribution in [2.24, 2.45) is 5.92 Å². The Kier molecular flexibility index (Phi) is 5.79. The highest BCUT2D eigenvalue weighted by atomic mass is 16.5. The second-order valence-corrected chi connectivity index (χ2v) is 7.02. The molecule has 2 aromatic carbocycles. The minimum atomic E-state index is -0.353. The van der Waals surface area contributed by atoms with Crippen LogP contribution in [0.3, 0.4) is 0 Å². The number of carbonyl (C=O) groups excluding carboxylic acids is 2. The van der Waals surface area contributed by atoms with Gasteiger partial charge in [-0.3, -0.25) is 9.59 Å². The second kappa shape index (κ2) is 8.25. The van der Waals surface area contributed by atoms with Gasteiger partial charge in [-0.05, 0) is 54.3 Å². The summed E-state index contributed by atoms with van der Waals surface area (Å²) >= 11 is 0. The van der Waals surface area contributed by atoms with Crippen LogP contribution in [0, 0.1) is 5.92 Å². The first-order chi connectivity index (χ1) is 13.0. The van der Waals surface area contributed by atoms with Crippen molar-refractivity contribution in [3.63, 3.8) is 0 Å². The monoisotopic (exact) mass is 366 g/mol. The fourth-order valence-electron chi connectivity index (χ4n) is 3.27.